The molecule has 34 heavy (non-hydrogen) atoms. The molecule has 1 aliphatic rings. The number of carbonyl (C=O) groups is 2. The van der Waals surface area contributed by atoms with E-state index in [1.54, 1.807) is 26.2 Å². The van der Waals surface area contributed by atoms with E-state index < -0.39 is 18.1 Å². The summed E-state index contributed by atoms with van der Waals surface area (Å²) in [4.78, 5) is 36.7. The second-order valence-electron chi connectivity index (χ2n) is 8.04. The first-order valence-corrected chi connectivity index (χ1v) is 11.0. The lowest BCUT2D eigenvalue weighted by atomic mass is 9.95. The second-order valence-corrected chi connectivity index (χ2v) is 8.04. The van der Waals surface area contributed by atoms with E-state index in [1.165, 1.54) is 27.2 Å². The van der Waals surface area contributed by atoms with Gasteiger partial charge in [-0.1, -0.05) is 13.0 Å². The fraction of sp³-hybridized carbons (Fsp3) is 0.400. The molecule has 182 valence electrons. The number of carboxylic acid groups (broad SMARTS) is 1. The molecule has 0 spiro atoms. The van der Waals surface area contributed by atoms with Crippen molar-refractivity contribution in [3.05, 3.63) is 45.6 Å². The smallest absolute Gasteiger partial charge is 0.326 e. The molecule has 2 atom stereocenters. The van der Waals surface area contributed by atoms with Crippen molar-refractivity contribution in [1.82, 2.24) is 5.32 Å². The minimum Gasteiger partial charge on any atom is -0.493 e. The van der Waals surface area contributed by atoms with Gasteiger partial charge in [0.1, 0.15) is 6.04 Å². The number of carboxylic acids is 1. The lowest BCUT2D eigenvalue weighted by molar-refractivity contribution is -0.138. The number of hydrogen-bond donors (Lipinski definition) is 3. The molecule has 2 aromatic carbocycles. The van der Waals surface area contributed by atoms with Crippen LogP contribution >= 0.6 is 0 Å². The van der Waals surface area contributed by atoms with Crippen LogP contribution in [-0.2, 0) is 16.0 Å². The molecule has 0 bridgehead atoms. The van der Waals surface area contributed by atoms with Crippen LogP contribution in [0.25, 0.3) is 11.1 Å². The monoisotopic (exact) mass is 470 g/mol. The molecule has 1 aliphatic carbocycles. The van der Waals surface area contributed by atoms with Crippen molar-refractivity contribution >= 4 is 17.6 Å². The number of anilines is 1. The van der Waals surface area contributed by atoms with Crippen LogP contribution < -0.4 is 30.3 Å². The highest BCUT2D eigenvalue weighted by molar-refractivity contribution is 5.84. The Balaban J connectivity index is 2.34. The van der Waals surface area contributed by atoms with E-state index in [-0.39, 0.29) is 17.0 Å². The van der Waals surface area contributed by atoms with Gasteiger partial charge in [-0.15, -0.1) is 0 Å². The number of methoxy groups -OCH3 is 3. The van der Waals surface area contributed by atoms with Crippen molar-refractivity contribution in [3.63, 3.8) is 0 Å². The third kappa shape index (κ3) is 4.78. The third-order valence-electron chi connectivity index (χ3n) is 5.95. The maximum absolute atomic E-state index is 13.2. The van der Waals surface area contributed by atoms with Crippen molar-refractivity contribution in [1.29, 1.82) is 0 Å². The molecule has 0 aromatic heterocycles. The van der Waals surface area contributed by atoms with E-state index in [9.17, 15) is 19.5 Å². The highest BCUT2D eigenvalue weighted by Crippen LogP contribution is 2.50. The molecular weight excluding hydrogens is 440 g/mol. The lowest BCUT2D eigenvalue weighted by Crippen LogP contribution is -2.30. The van der Waals surface area contributed by atoms with Crippen LogP contribution in [0.1, 0.15) is 43.9 Å². The van der Waals surface area contributed by atoms with Crippen LogP contribution in [0.4, 0.5) is 5.69 Å². The van der Waals surface area contributed by atoms with Gasteiger partial charge in [0.05, 0.1) is 33.1 Å². The van der Waals surface area contributed by atoms with Crippen LogP contribution in [-0.4, -0.2) is 44.4 Å². The van der Waals surface area contributed by atoms with Gasteiger partial charge in [0.2, 0.25) is 17.1 Å². The Hall–Kier alpha value is -3.75. The third-order valence-corrected chi connectivity index (χ3v) is 5.95. The van der Waals surface area contributed by atoms with Gasteiger partial charge in [0.25, 0.3) is 0 Å². The van der Waals surface area contributed by atoms with Gasteiger partial charge in [-0.3, -0.25) is 9.59 Å². The van der Waals surface area contributed by atoms with Crippen LogP contribution in [0, 0.1) is 0 Å². The maximum Gasteiger partial charge on any atom is 0.326 e. The van der Waals surface area contributed by atoms with Crippen LogP contribution in [0.5, 0.6) is 17.2 Å². The number of benzene rings is 1. The van der Waals surface area contributed by atoms with E-state index in [2.05, 4.69) is 10.6 Å². The Morgan fingerprint density at radius 3 is 2.38 bits per heavy atom. The number of ether oxygens (including phenoxy) is 3. The fourth-order valence-electron chi connectivity index (χ4n) is 4.35. The van der Waals surface area contributed by atoms with E-state index in [4.69, 9.17) is 14.2 Å². The summed E-state index contributed by atoms with van der Waals surface area (Å²) in [7, 11) is 4.59. The molecule has 0 unspecified atom stereocenters. The van der Waals surface area contributed by atoms with E-state index in [0.717, 1.165) is 11.1 Å². The Bertz CT molecular complexity index is 1160. The number of hydrogen-bond acceptors (Lipinski definition) is 7. The SMILES string of the molecule is CC[C@H](Nc1ccc2c(cc1=O)[C@@H](NC(C)=O)CCc1cc(OC)c(OC)c(OC)c1-2)C(=O)O. The second kappa shape index (κ2) is 10.5. The average molecular weight is 471 g/mol. The number of rotatable bonds is 8. The first-order chi connectivity index (χ1) is 16.2. The zero-order chi connectivity index (χ0) is 25.0. The van der Waals surface area contributed by atoms with Gasteiger partial charge in [0.15, 0.2) is 11.5 Å². The number of carbonyl (C=O) groups excluding carboxylic acids is 1. The Morgan fingerprint density at radius 1 is 1.12 bits per heavy atom. The standard InChI is InChI=1S/C25H30N2O7/c1-6-17(25(30)31)27-19-10-8-15-16(12-20(19)29)18(26-13(2)28)9-7-14-11-21(32-3)23(33-4)24(34-5)22(14)15/h8,10-12,17-18H,6-7,9H2,1-5H3,(H,26,28)(H,27,29)(H,30,31)/t17-,18-/m0/s1. The van der Waals surface area contributed by atoms with Gasteiger partial charge < -0.3 is 30.0 Å². The van der Waals surface area contributed by atoms with Gasteiger partial charge in [-0.2, -0.15) is 0 Å². The Morgan fingerprint density at radius 2 is 1.82 bits per heavy atom. The summed E-state index contributed by atoms with van der Waals surface area (Å²) in [5.41, 5.74) is 2.71. The summed E-state index contributed by atoms with van der Waals surface area (Å²) < 4.78 is 16.8. The van der Waals surface area contributed by atoms with E-state index >= 15 is 0 Å². The predicted octanol–water partition coefficient (Wildman–Crippen LogP) is 3.14. The molecule has 0 aliphatic heterocycles. The molecule has 3 rings (SSSR count). The summed E-state index contributed by atoms with van der Waals surface area (Å²) >= 11 is 0. The number of amides is 1. The molecule has 0 radical (unpaired) electrons. The number of aryl methyl sites for hydroxylation is 1. The van der Waals surface area contributed by atoms with E-state index in [1.807, 2.05) is 6.07 Å². The van der Waals surface area contributed by atoms with Gasteiger partial charge in [0, 0.05) is 12.5 Å². The molecule has 1 amide bonds. The highest BCUT2D eigenvalue weighted by Gasteiger charge is 2.29. The quantitative estimate of drug-likeness (QED) is 0.538. The molecule has 0 saturated carbocycles. The first kappa shape index (κ1) is 24.9. The molecule has 9 heteroatoms. The predicted molar refractivity (Wildman–Crippen MR) is 128 cm³/mol. The summed E-state index contributed by atoms with van der Waals surface area (Å²) in [5.74, 6) is 0.105. The number of fused-ring (bicyclic) bond motifs is 3. The van der Waals surface area contributed by atoms with Crippen molar-refractivity contribution < 1.29 is 28.9 Å². The van der Waals surface area contributed by atoms with Gasteiger partial charge >= 0.3 is 5.97 Å². The molecule has 2 aromatic rings. The van der Waals surface area contributed by atoms with Crippen molar-refractivity contribution in [3.8, 4) is 28.4 Å². The van der Waals surface area contributed by atoms with Crippen LogP contribution in [0.2, 0.25) is 0 Å². The van der Waals surface area contributed by atoms with Crippen LogP contribution in [0.3, 0.4) is 0 Å². The summed E-state index contributed by atoms with van der Waals surface area (Å²) in [6, 6.07) is 5.31. The average Bonchev–Trinajstić information content (AvgIpc) is 3.04. The maximum atomic E-state index is 13.2. The van der Waals surface area contributed by atoms with Crippen LogP contribution in [0.15, 0.2) is 29.1 Å². The number of nitrogens with one attached hydrogen (secondary N) is 2. The van der Waals surface area contributed by atoms with Crippen molar-refractivity contribution in [2.75, 3.05) is 26.6 Å². The van der Waals surface area contributed by atoms with Crippen molar-refractivity contribution in [2.45, 2.75) is 45.2 Å². The van der Waals surface area contributed by atoms with Gasteiger partial charge in [-0.25, -0.2) is 4.79 Å². The van der Waals surface area contributed by atoms with Crippen molar-refractivity contribution in [2.24, 2.45) is 0 Å². The Kier molecular flexibility index (Phi) is 7.65. The largest absolute Gasteiger partial charge is 0.493 e. The highest BCUT2D eigenvalue weighted by atomic mass is 16.5. The molecule has 3 N–H and O–H groups in total. The zero-order valence-corrected chi connectivity index (χ0v) is 20.0. The summed E-state index contributed by atoms with van der Waals surface area (Å²) in [6.45, 7) is 3.15. The zero-order valence-electron chi connectivity index (χ0n) is 20.0. The molecule has 0 heterocycles. The molecule has 0 saturated heterocycles. The van der Waals surface area contributed by atoms with Gasteiger partial charge in [-0.05, 0) is 54.2 Å². The fourth-order valence-corrected chi connectivity index (χ4v) is 4.35. The number of aliphatic carboxylic acids is 1. The minimum absolute atomic E-state index is 0.157. The molecule has 9 nitrogen and oxygen atoms in total. The minimum atomic E-state index is -1.05. The molecule has 0 fully saturated rings. The summed E-state index contributed by atoms with van der Waals surface area (Å²) in [6.07, 6.45) is 1.43. The molecular formula is C25H30N2O7. The Labute approximate surface area is 198 Å². The van der Waals surface area contributed by atoms with E-state index in [0.29, 0.717) is 47.6 Å². The lowest BCUT2D eigenvalue weighted by Gasteiger charge is -2.19. The summed E-state index contributed by atoms with van der Waals surface area (Å²) in [5, 5.41) is 15.2. The first-order valence-electron chi connectivity index (χ1n) is 11.0. The topological polar surface area (TPSA) is 123 Å². The normalized spacial score (nSPS) is 15.1.